The molecule has 3 N–H and O–H groups in total. The second kappa shape index (κ2) is 9.45. The number of fused-ring (bicyclic) bond motifs is 1. The summed E-state index contributed by atoms with van der Waals surface area (Å²) in [5.74, 6) is 0.170. The molecule has 0 aliphatic carbocycles. The van der Waals surface area contributed by atoms with Gasteiger partial charge in [0.1, 0.15) is 0 Å². The number of nitrogens with two attached hydrogens (primary N) is 1. The van der Waals surface area contributed by atoms with Gasteiger partial charge >= 0.3 is 59.1 Å². The largest absolute Gasteiger partial charge is 1.00 e. The molecule has 2 aromatic rings. The van der Waals surface area contributed by atoms with Crippen molar-refractivity contribution in [3.63, 3.8) is 0 Å². The van der Waals surface area contributed by atoms with Crippen LogP contribution in [0.25, 0.3) is 11.2 Å². The summed E-state index contributed by atoms with van der Waals surface area (Å²) in [6.45, 7) is 1.64. The van der Waals surface area contributed by atoms with E-state index in [9.17, 15) is 19.1 Å². The molecule has 1 aliphatic rings. The summed E-state index contributed by atoms with van der Waals surface area (Å²) in [4.78, 5) is 45.8. The fourth-order valence-corrected chi connectivity index (χ4v) is 3.80. The van der Waals surface area contributed by atoms with Crippen molar-refractivity contribution in [2.24, 2.45) is 5.92 Å². The van der Waals surface area contributed by atoms with Crippen molar-refractivity contribution >= 4 is 24.7 Å². The molecular weight excluding hydrogens is 369 g/mol. The van der Waals surface area contributed by atoms with Crippen molar-refractivity contribution < 1.29 is 73.5 Å². The van der Waals surface area contributed by atoms with Crippen molar-refractivity contribution in [2.45, 2.75) is 19.4 Å². The topological polar surface area (TPSA) is 156 Å². The Morgan fingerprint density at radius 3 is 2.80 bits per heavy atom. The normalized spacial score (nSPS) is 18.6. The molecule has 0 spiro atoms. The zero-order chi connectivity index (χ0) is 16.6. The first-order valence-corrected chi connectivity index (χ1v) is 8.99. The van der Waals surface area contributed by atoms with E-state index in [1.165, 1.54) is 6.33 Å². The summed E-state index contributed by atoms with van der Waals surface area (Å²) in [7, 11) is -4.55. The van der Waals surface area contributed by atoms with Gasteiger partial charge in [-0.15, -0.1) is 0 Å². The Bertz CT molecular complexity index is 822. The molecule has 10 nitrogen and oxygen atoms in total. The van der Waals surface area contributed by atoms with Crippen molar-refractivity contribution in [3.05, 3.63) is 16.7 Å². The number of nitrogen functional groups attached to an aromatic ring is 1. The van der Waals surface area contributed by atoms with E-state index in [1.54, 1.807) is 9.47 Å². The van der Waals surface area contributed by atoms with E-state index < -0.39 is 19.4 Å². The zero-order valence-corrected chi connectivity index (χ0v) is 19.2. The van der Waals surface area contributed by atoms with Gasteiger partial charge in [0.2, 0.25) is 5.95 Å². The van der Waals surface area contributed by atoms with E-state index in [1.807, 2.05) is 0 Å². The number of aromatic nitrogens is 4. The maximum atomic E-state index is 11.8. The standard InChI is InChI=1S/C12H19N6O4P.2Na/c13-12-15-10-9(11(19)16-12)14-6-18(10)5-8-2-1-3-17(4-8)7-23(20,21)22;;/h6,8H,1-5,7H2,(H2,20,21,22)(H3,13,15,16,19);;/q;2*+1/p-2. The first-order valence-electron chi connectivity index (χ1n) is 7.26. The van der Waals surface area contributed by atoms with Crippen LogP contribution in [0.15, 0.2) is 11.1 Å². The van der Waals surface area contributed by atoms with Gasteiger partial charge in [0.25, 0.3) is 5.56 Å². The molecule has 1 aliphatic heterocycles. The number of aromatic amines is 1. The quantitative estimate of drug-likeness (QED) is 0.388. The number of piperidine rings is 1. The summed E-state index contributed by atoms with van der Waals surface area (Å²) in [5, 5.41) is 0. The molecule has 0 saturated carbocycles. The van der Waals surface area contributed by atoms with Gasteiger partial charge in [-0.25, -0.2) is 4.98 Å². The van der Waals surface area contributed by atoms with Crippen molar-refractivity contribution in [1.82, 2.24) is 24.4 Å². The van der Waals surface area contributed by atoms with Crippen LogP contribution in [-0.2, 0) is 11.1 Å². The van der Waals surface area contributed by atoms with Gasteiger partial charge in [0, 0.05) is 19.4 Å². The van der Waals surface area contributed by atoms with Gasteiger partial charge in [0.05, 0.1) is 6.33 Å². The Balaban J connectivity index is 0.00000156. The maximum absolute atomic E-state index is 11.8. The summed E-state index contributed by atoms with van der Waals surface area (Å²) >= 11 is 0. The molecule has 1 unspecified atom stereocenters. The zero-order valence-electron chi connectivity index (χ0n) is 14.3. The second-order valence-corrected chi connectivity index (χ2v) is 7.36. The molecule has 1 fully saturated rings. The van der Waals surface area contributed by atoms with Crippen LogP contribution < -0.4 is 80.2 Å². The van der Waals surface area contributed by atoms with E-state index >= 15 is 0 Å². The number of rotatable bonds is 4. The third kappa shape index (κ3) is 6.14. The maximum Gasteiger partial charge on any atom is 1.00 e. The molecule has 25 heavy (non-hydrogen) atoms. The molecule has 3 rings (SSSR count). The van der Waals surface area contributed by atoms with E-state index in [0.717, 1.165) is 12.8 Å². The molecule has 0 radical (unpaired) electrons. The van der Waals surface area contributed by atoms with Crippen LogP contribution in [0.5, 0.6) is 0 Å². The van der Waals surface area contributed by atoms with Gasteiger partial charge in [-0.05, 0) is 25.3 Å². The SMILES string of the molecule is Nc1nc2c(ncn2CC2CCCN(CP(=O)([O-])[O-])C2)c(=O)[nH]1.[Na+].[Na+]. The van der Waals surface area contributed by atoms with Gasteiger partial charge in [0.15, 0.2) is 11.2 Å². The van der Waals surface area contributed by atoms with E-state index in [2.05, 4.69) is 15.0 Å². The van der Waals surface area contributed by atoms with Crippen molar-refractivity contribution in [3.8, 4) is 0 Å². The van der Waals surface area contributed by atoms with Gasteiger partial charge in [-0.3, -0.25) is 14.7 Å². The molecule has 3 heterocycles. The van der Waals surface area contributed by atoms with Crippen LogP contribution >= 0.6 is 7.60 Å². The number of nitrogens with zero attached hydrogens (tertiary/aromatic N) is 4. The fraction of sp³-hybridized carbons (Fsp3) is 0.583. The number of anilines is 1. The summed E-state index contributed by atoms with van der Waals surface area (Å²) in [5.41, 5.74) is 5.79. The minimum absolute atomic E-state index is 0. The van der Waals surface area contributed by atoms with E-state index in [0.29, 0.717) is 25.3 Å². The predicted octanol–water partition coefficient (Wildman–Crippen LogP) is -7.71. The Kier molecular flexibility index (Phi) is 8.81. The molecule has 1 atom stereocenters. The predicted molar refractivity (Wildman–Crippen MR) is 79.3 cm³/mol. The summed E-state index contributed by atoms with van der Waals surface area (Å²) in [6, 6.07) is 0. The van der Waals surface area contributed by atoms with Crippen molar-refractivity contribution in [2.75, 3.05) is 25.1 Å². The van der Waals surface area contributed by atoms with Crippen LogP contribution in [0.2, 0.25) is 0 Å². The van der Waals surface area contributed by atoms with Gasteiger partial charge in [-0.2, -0.15) is 4.98 Å². The van der Waals surface area contributed by atoms with E-state index in [-0.39, 0.29) is 76.5 Å². The molecule has 2 aromatic heterocycles. The number of likely N-dealkylation sites (tertiary alicyclic amines) is 1. The van der Waals surface area contributed by atoms with Crippen LogP contribution in [0.1, 0.15) is 12.8 Å². The van der Waals surface area contributed by atoms with Crippen LogP contribution in [0.4, 0.5) is 5.95 Å². The van der Waals surface area contributed by atoms with E-state index in [4.69, 9.17) is 5.73 Å². The average molecular weight is 386 g/mol. The first-order chi connectivity index (χ1) is 10.8. The third-order valence-electron chi connectivity index (χ3n) is 3.92. The average Bonchev–Trinajstić information content (AvgIpc) is 2.80. The van der Waals surface area contributed by atoms with Crippen LogP contribution in [-0.4, -0.2) is 43.8 Å². The number of hydrogen-bond acceptors (Lipinski definition) is 8. The van der Waals surface area contributed by atoms with Gasteiger partial charge < -0.3 is 24.7 Å². The fourth-order valence-electron chi connectivity index (χ4n) is 3.06. The number of H-pyrrole nitrogens is 1. The Hall–Kier alpha value is 0.260. The van der Waals surface area contributed by atoms with Gasteiger partial charge in [-0.1, -0.05) is 7.60 Å². The molecule has 0 aromatic carbocycles. The third-order valence-corrected chi connectivity index (χ3v) is 4.67. The smallest absolute Gasteiger partial charge is 0.810 e. The number of hydrogen-bond donors (Lipinski definition) is 2. The molecule has 126 valence electrons. The molecule has 1 saturated heterocycles. The first kappa shape index (κ1) is 23.3. The summed E-state index contributed by atoms with van der Waals surface area (Å²) in [6.07, 6.45) is 2.79. The van der Waals surface area contributed by atoms with Crippen LogP contribution in [0, 0.1) is 5.92 Å². The Morgan fingerprint density at radius 2 is 2.12 bits per heavy atom. The minimum atomic E-state index is -4.55. The minimum Gasteiger partial charge on any atom is -0.810 e. The molecule has 0 amide bonds. The van der Waals surface area contributed by atoms with Crippen LogP contribution in [0.3, 0.4) is 0 Å². The number of imidazole rings is 1. The second-order valence-electron chi connectivity index (χ2n) is 5.86. The Labute approximate surface area is 188 Å². The molecular formula is C12H17N6Na2O4P. The number of nitrogens with one attached hydrogen (secondary N) is 1. The Morgan fingerprint density at radius 1 is 1.40 bits per heavy atom. The summed E-state index contributed by atoms with van der Waals surface area (Å²) < 4.78 is 12.7. The molecule has 13 heteroatoms. The van der Waals surface area contributed by atoms with Crippen molar-refractivity contribution in [1.29, 1.82) is 0 Å². The molecule has 0 bridgehead atoms. The monoisotopic (exact) mass is 386 g/mol.